The van der Waals surface area contributed by atoms with Crippen molar-refractivity contribution in [3.63, 3.8) is 0 Å². The number of unbranched alkanes of at least 4 members (excludes halogenated alkanes) is 1. The molecule has 0 aliphatic carbocycles. The Kier molecular flexibility index (Phi) is 14.3. The standard InChI is InChI=1S/C40H46FNO7/c1-4-30-26-34(31-17-19-32(41)20-18-31)38(49-28-29-12-6-5-7-13-29)27-37(30)48-25-11-24-47-36-15-10-14-35(33(36)21-22-40(44)45)46-23-9-8-16-39(43)42(2)3/h5-7,10,12-15,17-20,26-27H,4,8-9,11,16,21-25,28H2,1-3H3,(H,44,45). The minimum absolute atomic E-state index is 0.0560. The van der Waals surface area contributed by atoms with Gasteiger partial charge in [-0.3, -0.25) is 9.59 Å². The van der Waals surface area contributed by atoms with Gasteiger partial charge in [-0.15, -0.1) is 0 Å². The molecule has 260 valence electrons. The number of aliphatic carboxylic acids is 1. The van der Waals surface area contributed by atoms with Crippen molar-refractivity contribution in [2.75, 3.05) is 33.9 Å². The van der Waals surface area contributed by atoms with Crippen LogP contribution in [0.3, 0.4) is 0 Å². The van der Waals surface area contributed by atoms with Crippen LogP contribution in [-0.4, -0.2) is 55.8 Å². The summed E-state index contributed by atoms with van der Waals surface area (Å²) in [5, 5.41) is 9.34. The lowest BCUT2D eigenvalue weighted by molar-refractivity contribution is -0.137. The van der Waals surface area contributed by atoms with E-state index in [4.69, 9.17) is 18.9 Å². The molecule has 0 aliphatic rings. The number of hydrogen-bond donors (Lipinski definition) is 1. The van der Waals surface area contributed by atoms with Gasteiger partial charge in [0, 0.05) is 50.6 Å². The predicted molar refractivity (Wildman–Crippen MR) is 188 cm³/mol. The minimum Gasteiger partial charge on any atom is -0.493 e. The number of ether oxygens (including phenoxy) is 4. The number of amides is 1. The summed E-state index contributed by atoms with van der Waals surface area (Å²) in [7, 11) is 3.47. The van der Waals surface area contributed by atoms with Crippen molar-refractivity contribution in [3.8, 4) is 34.1 Å². The molecule has 0 aliphatic heterocycles. The third kappa shape index (κ3) is 11.6. The molecule has 4 aromatic rings. The van der Waals surface area contributed by atoms with E-state index in [1.807, 2.05) is 60.7 Å². The Balaban J connectivity index is 1.40. The second kappa shape index (κ2) is 19.1. The Morgan fingerprint density at radius 1 is 0.714 bits per heavy atom. The normalized spacial score (nSPS) is 10.8. The van der Waals surface area contributed by atoms with Crippen molar-refractivity contribution in [2.24, 2.45) is 0 Å². The first kappa shape index (κ1) is 36.8. The van der Waals surface area contributed by atoms with Gasteiger partial charge in [0.1, 0.15) is 35.4 Å². The summed E-state index contributed by atoms with van der Waals surface area (Å²) in [5.74, 6) is 1.39. The van der Waals surface area contributed by atoms with Crippen LogP contribution in [0.15, 0.2) is 84.9 Å². The van der Waals surface area contributed by atoms with Crippen LogP contribution in [0.2, 0.25) is 0 Å². The maximum atomic E-state index is 13.7. The summed E-state index contributed by atoms with van der Waals surface area (Å²) in [6.45, 7) is 3.57. The molecule has 0 unspecified atom stereocenters. The number of carbonyl (C=O) groups excluding carboxylic acids is 1. The van der Waals surface area contributed by atoms with Crippen molar-refractivity contribution < 1.29 is 38.0 Å². The fourth-order valence-electron chi connectivity index (χ4n) is 5.23. The van der Waals surface area contributed by atoms with Gasteiger partial charge in [0.2, 0.25) is 5.91 Å². The molecule has 4 aromatic carbocycles. The lowest BCUT2D eigenvalue weighted by Gasteiger charge is -2.18. The Morgan fingerprint density at radius 3 is 2.00 bits per heavy atom. The lowest BCUT2D eigenvalue weighted by Crippen LogP contribution is -2.21. The Labute approximate surface area is 288 Å². The van der Waals surface area contributed by atoms with E-state index in [0.29, 0.717) is 80.7 Å². The number of carboxylic acid groups (broad SMARTS) is 1. The quantitative estimate of drug-likeness (QED) is 0.0949. The maximum absolute atomic E-state index is 13.7. The molecule has 1 N–H and O–H groups in total. The molecule has 0 saturated carbocycles. The van der Waals surface area contributed by atoms with E-state index in [-0.39, 0.29) is 24.6 Å². The summed E-state index contributed by atoms with van der Waals surface area (Å²) in [5.41, 5.74) is 4.45. The van der Waals surface area contributed by atoms with Gasteiger partial charge in [0.25, 0.3) is 0 Å². The van der Waals surface area contributed by atoms with Crippen molar-refractivity contribution in [3.05, 3.63) is 107 Å². The lowest BCUT2D eigenvalue weighted by atomic mass is 10.00. The zero-order valence-electron chi connectivity index (χ0n) is 28.6. The zero-order chi connectivity index (χ0) is 35.0. The van der Waals surface area contributed by atoms with Crippen molar-refractivity contribution in [1.82, 2.24) is 4.90 Å². The smallest absolute Gasteiger partial charge is 0.303 e. The van der Waals surface area contributed by atoms with Gasteiger partial charge in [-0.1, -0.05) is 55.5 Å². The molecule has 8 nitrogen and oxygen atoms in total. The molecular formula is C40H46FNO7. The summed E-state index contributed by atoms with van der Waals surface area (Å²) in [6, 6.07) is 25.7. The van der Waals surface area contributed by atoms with Crippen molar-refractivity contribution in [1.29, 1.82) is 0 Å². The largest absolute Gasteiger partial charge is 0.493 e. The number of carbonyl (C=O) groups is 2. The van der Waals surface area contributed by atoms with E-state index in [2.05, 4.69) is 6.92 Å². The van der Waals surface area contributed by atoms with Gasteiger partial charge in [0.05, 0.1) is 19.8 Å². The van der Waals surface area contributed by atoms with E-state index in [9.17, 15) is 19.1 Å². The SMILES string of the molecule is CCc1cc(-c2ccc(F)cc2)c(OCc2ccccc2)cc1OCCCOc1cccc(OCCCCC(=O)N(C)C)c1CCC(=O)O. The number of benzene rings is 4. The van der Waals surface area contributed by atoms with E-state index in [1.54, 1.807) is 31.1 Å². The number of halogens is 1. The Hall–Kier alpha value is -5.05. The Morgan fingerprint density at radius 2 is 1.37 bits per heavy atom. The monoisotopic (exact) mass is 671 g/mol. The first-order chi connectivity index (χ1) is 23.7. The second-order valence-corrected chi connectivity index (χ2v) is 11.9. The fourth-order valence-corrected chi connectivity index (χ4v) is 5.23. The van der Waals surface area contributed by atoms with Gasteiger partial charge in [-0.05, 0) is 72.7 Å². The first-order valence-corrected chi connectivity index (χ1v) is 16.8. The van der Waals surface area contributed by atoms with E-state index >= 15 is 0 Å². The minimum atomic E-state index is -0.902. The molecule has 0 atom stereocenters. The molecule has 0 spiro atoms. The molecule has 0 fully saturated rings. The van der Waals surface area contributed by atoms with Gasteiger partial charge < -0.3 is 29.0 Å². The van der Waals surface area contributed by atoms with Gasteiger partial charge in [0.15, 0.2) is 0 Å². The van der Waals surface area contributed by atoms with Crippen molar-refractivity contribution >= 4 is 11.9 Å². The van der Waals surface area contributed by atoms with E-state index in [1.165, 1.54) is 12.1 Å². The topological polar surface area (TPSA) is 94.5 Å². The number of aryl methyl sites for hydroxylation is 1. The van der Waals surface area contributed by atoms with Crippen LogP contribution in [0.25, 0.3) is 11.1 Å². The van der Waals surface area contributed by atoms with Crippen LogP contribution in [0, 0.1) is 5.82 Å². The van der Waals surface area contributed by atoms with E-state index in [0.717, 1.165) is 28.7 Å². The summed E-state index contributed by atoms with van der Waals surface area (Å²) in [4.78, 5) is 24.8. The highest BCUT2D eigenvalue weighted by Crippen LogP contribution is 2.37. The molecule has 0 heterocycles. The molecule has 9 heteroatoms. The van der Waals surface area contributed by atoms with Crippen molar-refractivity contribution in [2.45, 2.75) is 58.5 Å². The van der Waals surface area contributed by atoms with Crippen LogP contribution in [-0.2, 0) is 29.0 Å². The maximum Gasteiger partial charge on any atom is 0.303 e. The fraction of sp³-hybridized carbons (Fsp3) is 0.350. The molecule has 0 saturated heterocycles. The highest BCUT2D eigenvalue weighted by atomic mass is 19.1. The van der Waals surface area contributed by atoms with Gasteiger partial charge >= 0.3 is 5.97 Å². The molecular weight excluding hydrogens is 625 g/mol. The zero-order valence-corrected chi connectivity index (χ0v) is 28.6. The molecule has 1 amide bonds. The average molecular weight is 672 g/mol. The van der Waals surface area contributed by atoms with Gasteiger partial charge in [-0.2, -0.15) is 0 Å². The molecule has 4 rings (SSSR count). The van der Waals surface area contributed by atoms with Crippen LogP contribution in [0.1, 0.15) is 55.7 Å². The Bertz CT molecular complexity index is 1640. The summed E-state index contributed by atoms with van der Waals surface area (Å²) >= 11 is 0. The molecule has 0 aromatic heterocycles. The number of hydrogen-bond acceptors (Lipinski definition) is 6. The molecule has 0 bridgehead atoms. The number of nitrogens with zero attached hydrogens (tertiary/aromatic N) is 1. The molecule has 49 heavy (non-hydrogen) atoms. The van der Waals surface area contributed by atoms with Gasteiger partial charge in [-0.25, -0.2) is 4.39 Å². The highest BCUT2D eigenvalue weighted by Gasteiger charge is 2.16. The first-order valence-electron chi connectivity index (χ1n) is 16.8. The third-order valence-corrected chi connectivity index (χ3v) is 7.96. The third-order valence-electron chi connectivity index (χ3n) is 7.96. The average Bonchev–Trinajstić information content (AvgIpc) is 3.10. The van der Waals surface area contributed by atoms with Crippen LogP contribution in [0.5, 0.6) is 23.0 Å². The van der Waals surface area contributed by atoms with Crippen LogP contribution in [0.4, 0.5) is 4.39 Å². The summed E-state index contributed by atoms with van der Waals surface area (Å²) in [6.07, 6.45) is 3.36. The van der Waals surface area contributed by atoms with E-state index < -0.39 is 5.97 Å². The number of rotatable bonds is 20. The second-order valence-electron chi connectivity index (χ2n) is 11.9. The molecule has 0 radical (unpaired) electrons. The van der Waals surface area contributed by atoms with Crippen LogP contribution < -0.4 is 18.9 Å². The summed E-state index contributed by atoms with van der Waals surface area (Å²) < 4.78 is 38.4. The van der Waals surface area contributed by atoms with Crippen LogP contribution >= 0.6 is 0 Å². The number of carboxylic acids is 1. The predicted octanol–water partition coefficient (Wildman–Crippen LogP) is 8.14. The highest BCUT2D eigenvalue weighted by molar-refractivity contribution is 5.75.